The van der Waals surface area contributed by atoms with Gasteiger partial charge in [0.1, 0.15) is 0 Å². The largest absolute Gasteiger partial charge is 0.352 e. The van der Waals surface area contributed by atoms with Crippen molar-refractivity contribution in [3.05, 3.63) is 40.0 Å². The maximum atomic E-state index is 12.6. The fraction of sp³-hybridized carbons (Fsp3) is 0.412. The first-order valence-corrected chi connectivity index (χ1v) is 8.48. The van der Waals surface area contributed by atoms with Gasteiger partial charge in [-0.25, -0.2) is 0 Å². The lowest BCUT2D eigenvalue weighted by Gasteiger charge is -2.23. The number of benzene rings is 1. The van der Waals surface area contributed by atoms with Crippen molar-refractivity contribution < 1.29 is 4.79 Å². The molecule has 2 N–H and O–H groups in total. The summed E-state index contributed by atoms with van der Waals surface area (Å²) in [5.41, 5.74) is 2.42. The number of carbonyl (C=O) groups is 1. The van der Waals surface area contributed by atoms with E-state index < -0.39 is 0 Å². The first kappa shape index (κ1) is 21.2. The van der Waals surface area contributed by atoms with Gasteiger partial charge in [-0.1, -0.05) is 15.9 Å². The molecule has 2 heterocycles. The van der Waals surface area contributed by atoms with Crippen LogP contribution in [0.2, 0.25) is 0 Å². The molecule has 1 atom stereocenters. The average Bonchev–Trinajstić information content (AvgIpc) is 2.53. The van der Waals surface area contributed by atoms with Gasteiger partial charge in [0.05, 0.1) is 11.1 Å². The van der Waals surface area contributed by atoms with E-state index in [1.807, 2.05) is 31.2 Å². The summed E-state index contributed by atoms with van der Waals surface area (Å²) in [5.74, 6) is 0.512. The maximum absolute atomic E-state index is 12.6. The van der Waals surface area contributed by atoms with Gasteiger partial charge in [-0.2, -0.15) is 0 Å². The van der Waals surface area contributed by atoms with Crippen molar-refractivity contribution in [1.29, 1.82) is 0 Å². The standard InChI is InChI=1S/C17H20BrN3O.2ClH/c1-11-7-15(14-8-13(18)4-5-16(14)21-11)17(22)20-10-12-3-2-6-19-9-12;;/h4-5,7-8,12,19H,2-3,6,9-10H2,1H3,(H,20,22);2*1H. The summed E-state index contributed by atoms with van der Waals surface area (Å²) in [7, 11) is 0. The molecule has 1 aliphatic heterocycles. The highest BCUT2D eigenvalue weighted by molar-refractivity contribution is 9.10. The predicted molar refractivity (Wildman–Crippen MR) is 107 cm³/mol. The molecule has 1 saturated heterocycles. The predicted octanol–water partition coefficient (Wildman–Crippen LogP) is 3.88. The minimum atomic E-state index is -0.0147. The maximum Gasteiger partial charge on any atom is 0.252 e. The number of aryl methyl sites for hydroxylation is 1. The van der Waals surface area contributed by atoms with E-state index in [9.17, 15) is 4.79 Å². The Bertz CT molecular complexity index is 706. The van der Waals surface area contributed by atoms with E-state index in [2.05, 4.69) is 31.5 Å². The third-order valence-electron chi connectivity index (χ3n) is 4.09. The number of rotatable bonds is 3. The van der Waals surface area contributed by atoms with Crippen LogP contribution in [0.4, 0.5) is 0 Å². The molecule has 0 aliphatic carbocycles. The van der Waals surface area contributed by atoms with Crippen LogP contribution >= 0.6 is 40.7 Å². The topological polar surface area (TPSA) is 54.0 Å². The molecule has 1 aliphatic rings. The number of hydrogen-bond donors (Lipinski definition) is 2. The van der Waals surface area contributed by atoms with Crippen molar-refractivity contribution in [2.45, 2.75) is 19.8 Å². The van der Waals surface area contributed by atoms with E-state index in [1.54, 1.807) is 0 Å². The first-order valence-electron chi connectivity index (χ1n) is 7.69. The molecule has 1 amide bonds. The second-order valence-electron chi connectivity index (χ2n) is 5.90. The van der Waals surface area contributed by atoms with E-state index in [-0.39, 0.29) is 30.7 Å². The zero-order valence-electron chi connectivity index (χ0n) is 13.5. The number of nitrogens with one attached hydrogen (secondary N) is 2. The van der Waals surface area contributed by atoms with Gasteiger partial charge < -0.3 is 10.6 Å². The molecule has 132 valence electrons. The highest BCUT2D eigenvalue weighted by Gasteiger charge is 2.16. The van der Waals surface area contributed by atoms with E-state index in [0.717, 1.165) is 40.7 Å². The van der Waals surface area contributed by atoms with Crippen LogP contribution in [-0.4, -0.2) is 30.5 Å². The number of piperidine rings is 1. The van der Waals surface area contributed by atoms with Gasteiger partial charge in [0, 0.05) is 22.1 Å². The summed E-state index contributed by atoms with van der Waals surface area (Å²) >= 11 is 3.47. The fourth-order valence-corrected chi connectivity index (χ4v) is 3.31. The molecule has 4 nitrogen and oxygen atoms in total. The Kier molecular flexibility index (Phi) is 8.43. The van der Waals surface area contributed by atoms with Gasteiger partial charge in [0.15, 0.2) is 0 Å². The summed E-state index contributed by atoms with van der Waals surface area (Å²) in [6.45, 7) is 4.72. The van der Waals surface area contributed by atoms with Crippen molar-refractivity contribution in [2.75, 3.05) is 19.6 Å². The Morgan fingerprint density at radius 3 is 2.88 bits per heavy atom. The molecule has 0 radical (unpaired) electrons. The molecule has 1 aromatic carbocycles. The fourth-order valence-electron chi connectivity index (χ4n) is 2.95. The van der Waals surface area contributed by atoms with Crippen LogP contribution in [0.25, 0.3) is 10.9 Å². The number of halogens is 3. The van der Waals surface area contributed by atoms with Gasteiger partial charge in [0.2, 0.25) is 0 Å². The number of hydrogen-bond acceptors (Lipinski definition) is 3. The van der Waals surface area contributed by atoms with E-state index in [4.69, 9.17) is 0 Å². The first-order chi connectivity index (χ1) is 10.6. The molecule has 0 bridgehead atoms. The average molecular weight is 435 g/mol. The van der Waals surface area contributed by atoms with Crippen LogP contribution in [0.5, 0.6) is 0 Å². The molecule has 0 saturated carbocycles. The highest BCUT2D eigenvalue weighted by Crippen LogP contribution is 2.23. The van der Waals surface area contributed by atoms with E-state index in [1.165, 1.54) is 12.8 Å². The Balaban J connectivity index is 0.00000144. The van der Waals surface area contributed by atoms with Crippen LogP contribution in [0.1, 0.15) is 28.9 Å². The monoisotopic (exact) mass is 433 g/mol. The Morgan fingerprint density at radius 1 is 1.38 bits per heavy atom. The third kappa shape index (κ3) is 5.06. The summed E-state index contributed by atoms with van der Waals surface area (Å²) < 4.78 is 0.955. The quantitative estimate of drug-likeness (QED) is 0.770. The van der Waals surface area contributed by atoms with Crippen LogP contribution in [0, 0.1) is 12.8 Å². The number of pyridine rings is 1. The minimum Gasteiger partial charge on any atom is -0.352 e. The summed E-state index contributed by atoms with van der Waals surface area (Å²) in [5, 5.41) is 7.35. The molecule has 1 aromatic heterocycles. The van der Waals surface area contributed by atoms with Gasteiger partial charge >= 0.3 is 0 Å². The third-order valence-corrected chi connectivity index (χ3v) is 4.59. The molecule has 2 aromatic rings. The molecule has 0 spiro atoms. The Labute approximate surface area is 163 Å². The molecule has 3 rings (SSSR count). The normalized spacial score (nSPS) is 16.8. The van der Waals surface area contributed by atoms with Crippen LogP contribution in [-0.2, 0) is 0 Å². The van der Waals surface area contributed by atoms with Gasteiger partial charge in [-0.15, -0.1) is 24.8 Å². The van der Waals surface area contributed by atoms with E-state index >= 15 is 0 Å². The molecular weight excluding hydrogens is 413 g/mol. The zero-order chi connectivity index (χ0) is 15.5. The van der Waals surface area contributed by atoms with Gasteiger partial charge in [0.25, 0.3) is 5.91 Å². The van der Waals surface area contributed by atoms with Crippen molar-refractivity contribution in [3.63, 3.8) is 0 Å². The number of fused-ring (bicyclic) bond motifs is 1. The molecule has 7 heteroatoms. The lowest BCUT2D eigenvalue weighted by Crippen LogP contribution is -2.38. The second kappa shape index (κ2) is 9.56. The van der Waals surface area contributed by atoms with Gasteiger partial charge in [-0.05, 0) is 63.0 Å². The van der Waals surface area contributed by atoms with Crippen LogP contribution in [0.3, 0.4) is 0 Å². The lowest BCUT2D eigenvalue weighted by molar-refractivity contribution is 0.0946. The van der Waals surface area contributed by atoms with Crippen molar-refractivity contribution in [1.82, 2.24) is 15.6 Å². The Morgan fingerprint density at radius 2 is 2.17 bits per heavy atom. The van der Waals surface area contributed by atoms with Crippen LogP contribution in [0.15, 0.2) is 28.7 Å². The molecule has 1 unspecified atom stereocenters. The minimum absolute atomic E-state index is 0. The van der Waals surface area contributed by atoms with Crippen molar-refractivity contribution in [3.8, 4) is 0 Å². The van der Waals surface area contributed by atoms with E-state index in [0.29, 0.717) is 11.5 Å². The number of amides is 1. The zero-order valence-corrected chi connectivity index (χ0v) is 16.7. The van der Waals surface area contributed by atoms with Crippen molar-refractivity contribution in [2.24, 2.45) is 5.92 Å². The molecule has 1 fully saturated rings. The Hall–Kier alpha value is -0.880. The summed E-state index contributed by atoms with van der Waals surface area (Å²) in [6, 6.07) is 7.71. The number of nitrogens with zero attached hydrogens (tertiary/aromatic N) is 1. The number of carbonyl (C=O) groups excluding carboxylic acids is 1. The SMILES string of the molecule is Cc1cc(C(=O)NCC2CCCNC2)c2cc(Br)ccc2n1.Cl.Cl. The summed E-state index contributed by atoms with van der Waals surface area (Å²) in [4.78, 5) is 17.1. The highest BCUT2D eigenvalue weighted by atomic mass is 79.9. The van der Waals surface area contributed by atoms with Crippen molar-refractivity contribution >= 4 is 57.6 Å². The molecular formula is C17H22BrCl2N3O. The van der Waals surface area contributed by atoms with Crippen LogP contribution < -0.4 is 10.6 Å². The summed E-state index contributed by atoms with van der Waals surface area (Å²) in [6.07, 6.45) is 2.36. The second-order valence-corrected chi connectivity index (χ2v) is 6.81. The molecule has 24 heavy (non-hydrogen) atoms. The number of aromatic nitrogens is 1. The smallest absolute Gasteiger partial charge is 0.252 e. The van der Waals surface area contributed by atoms with Gasteiger partial charge in [-0.3, -0.25) is 9.78 Å². The lowest BCUT2D eigenvalue weighted by atomic mass is 9.99.